The van der Waals surface area contributed by atoms with Crippen LogP contribution in [0.5, 0.6) is 0 Å². The van der Waals surface area contributed by atoms with Crippen LogP contribution >= 0.6 is 0 Å². The number of hydrogen-bond acceptors (Lipinski definition) is 12. The van der Waals surface area contributed by atoms with Crippen LogP contribution in [0.15, 0.2) is 0 Å². The molecule has 1 saturated heterocycles. The molecule has 0 aliphatic carbocycles. The van der Waals surface area contributed by atoms with E-state index in [1.165, 1.54) is 109 Å². The second-order valence-corrected chi connectivity index (χ2v) is 20.6. The van der Waals surface area contributed by atoms with E-state index in [-0.39, 0.29) is 56.8 Å². The smallest absolute Gasteiger partial charge is 0.466 e. The van der Waals surface area contributed by atoms with Crippen LogP contribution in [-0.2, 0) is 47.6 Å². The molecule has 12 heteroatoms. The first-order valence-corrected chi connectivity index (χ1v) is 30.0. The molecule has 12 nitrogen and oxygen atoms in total. The molecule has 1 heterocycles. The lowest BCUT2D eigenvalue weighted by Crippen LogP contribution is -2.34. The van der Waals surface area contributed by atoms with Gasteiger partial charge in [-0.2, -0.15) is 0 Å². The standard InChI is InChI=1S/C59H109NO11/c1-5-9-13-17-21-30-40-52(38-28-15-11-7-3)69-56(62)42-32-23-19-25-36-49-66-55(61)45-44-54(71-59(65)68-51-48-60-46-34-27-35-47-60)58(64)67-50-37-26-20-24-33-43-57(63)70-53(39-29-16-12-8-4)41-31-22-18-14-10-6-2/h52-54H,5-51H2,1-4H3. The Kier molecular flexibility index (Phi) is 45.9. The Morgan fingerprint density at radius 3 is 1.23 bits per heavy atom. The molecule has 1 aliphatic heterocycles. The van der Waals surface area contributed by atoms with Crippen LogP contribution in [0.4, 0.5) is 4.79 Å². The first-order valence-electron chi connectivity index (χ1n) is 30.0. The van der Waals surface area contributed by atoms with Crippen molar-refractivity contribution in [3.8, 4) is 0 Å². The van der Waals surface area contributed by atoms with Crippen LogP contribution in [0.2, 0.25) is 0 Å². The Labute approximate surface area is 434 Å². The predicted molar refractivity (Wildman–Crippen MR) is 286 cm³/mol. The average molecular weight is 1010 g/mol. The summed E-state index contributed by atoms with van der Waals surface area (Å²) in [5, 5.41) is 0. The van der Waals surface area contributed by atoms with Gasteiger partial charge in [-0.1, -0.05) is 175 Å². The first kappa shape index (κ1) is 66.1. The lowest BCUT2D eigenvalue weighted by molar-refractivity contribution is -0.157. The molecule has 0 aromatic rings. The molecule has 3 atom stereocenters. The highest BCUT2D eigenvalue weighted by molar-refractivity contribution is 5.78. The van der Waals surface area contributed by atoms with Crippen LogP contribution in [0.3, 0.4) is 0 Å². The van der Waals surface area contributed by atoms with Gasteiger partial charge in [-0.15, -0.1) is 0 Å². The van der Waals surface area contributed by atoms with Crippen LogP contribution in [0.1, 0.15) is 291 Å². The summed E-state index contributed by atoms with van der Waals surface area (Å²) < 4.78 is 33.7. The molecule has 0 aromatic heterocycles. The molecule has 0 bridgehead atoms. The molecule has 1 fully saturated rings. The van der Waals surface area contributed by atoms with Crippen LogP contribution in [0.25, 0.3) is 0 Å². The Morgan fingerprint density at radius 2 is 0.761 bits per heavy atom. The number of rotatable bonds is 50. The Balaban J connectivity index is 2.43. The van der Waals surface area contributed by atoms with Gasteiger partial charge in [0, 0.05) is 32.2 Å². The van der Waals surface area contributed by atoms with E-state index in [1.807, 2.05) is 0 Å². The quantitative estimate of drug-likeness (QED) is 0.0325. The lowest BCUT2D eigenvalue weighted by Gasteiger charge is -2.26. The Morgan fingerprint density at radius 1 is 0.366 bits per heavy atom. The molecule has 0 radical (unpaired) electrons. The van der Waals surface area contributed by atoms with Crippen molar-refractivity contribution in [3.05, 3.63) is 0 Å². The summed E-state index contributed by atoms with van der Waals surface area (Å²) in [6.07, 6.45) is 38.3. The van der Waals surface area contributed by atoms with Gasteiger partial charge in [0.2, 0.25) is 6.10 Å². The van der Waals surface area contributed by atoms with Crippen molar-refractivity contribution in [1.29, 1.82) is 0 Å². The summed E-state index contributed by atoms with van der Waals surface area (Å²) in [6.45, 7) is 12.0. The summed E-state index contributed by atoms with van der Waals surface area (Å²) in [6, 6.07) is 0. The van der Waals surface area contributed by atoms with Crippen molar-refractivity contribution in [3.63, 3.8) is 0 Å². The third kappa shape index (κ3) is 42.2. The zero-order valence-corrected chi connectivity index (χ0v) is 46.4. The molecule has 0 spiro atoms. The van der Waals surface area contributed by atoms with Crippen molar-refractivity contribution in [2.75, 3.05) is 39.5 Å². The summed E-state index contributed by atoms with van der Waals surface area (Å²) in [4.78, 5) is 66.3. The van der Waals surface area contributed by atoms with E-state index in [0.717, 1.165) is 129 Å². The maximum absolute atomic E-state index is 13.2. The third-order valence-corrected chi connectivity index (χ3v) is 13.9. The van der Waals surface area contributed by atoms with E-state index < -0.39 is 24.2 Å². The van der Waals surface area contributed by atoms with E-state index >= 15 is 0 Å². The zero-order chi connectivity index (χ0) is 51.7. The molecule has 0 saturated carbocycles. The van der Waals surface area contributed by atoms with Crippen molar-refractivity contribution < 1.29 is 52.4 Å². The van der Waals surface area contributed by atoms with Crippen molar-refractivity contribution in [1.82, 2.24) is 4.90 Å². The van der Waals surface area contributed by atoms with E-state index in [4.69, 9.17) is 28.4 Å². The monoisotopic (exact) mass is 1010 g/mol. The molecule has 71 heavy (non-hydrogen) atoms. The number of likely N-dealkylation sites (tertiary alicyclic amines) is 1. The number of unbranched alkanes of at least 4 members (excludes halogenated alkanes) is 24. The highest BCUT2D eigenvalue weighted by Gasteiger charge is 2.27. The maximum Gasteiger partial charge on any atom is 0.509 e. The van der Waals surface area contributed by atoms with Gasteiger partial charge in [0.05, 0.1) is 13.2 Å². The summed E-state index contributed by atoms with van der Waals surface area (Å²) in [5.41, 5.74) is 0. The fourth-order valence-electron chi connectivity index (χ4n) is 9.31. The molecule has 416 valence electrons. The van der Waals surface area contributed by atoms with Gasteiger partial charge in [0.1, 0.15) is 18.8 Å². The normalized spacial score (nSPS) is 14.1. The predicted octanol–water partition coefficient (Wildman–Crippen LogP) is 15.8. The number of hydrogen-bond donors (Lipinski definition) is 0. The van der Waals surface area contributed by atoms with Crippen LogP contribution in [-0.4, -0.2) is 92.7 Å². The van der Waals surface area contributed by atoms with Gasteiger partial charge in [-0.25, -0.2) is 9.59 Å². The summed E-state index contributed by atoms with van der Waals surface area (Å²) in [7, 11) is 0. The van der Waals surface area contributed by atoms with Gasteiger partial charge in [0.15, 0.2) is 0 Å². The van der Waals surface area contributed by atoms with E-state index in [2.05, 4.69) is 32.6 Å². The fourth-order valence-corrected chi connectivity index (χ4v) is 9.31. The molecule has 0 aromatic carbocycles. The SMILES string of the molecule is CCCCCCCCC(CCCCCC)OC(=O)CCCCCCCOC(=O)CCC(OC(=O)OCCN1CCCCC1)C(=O)OCCCCCCCC(=O)OC(CCCCCC)CCCCCCCC. The summed E-state index contributed by atoms with van der Waals surface area (Å²) in [5.74, 6) is -1.35. The molecule has 1 rings (SSSR count). The van der Waals surface area contributed by atoms with Gasteiger partial charge in [-0.05, 0) is 103 Å². The first-order chi connectivity index (χ1) is 34.7. The molecule has 1 aliphatic rings. The van der Waals surface area contributed by atoms with Crippen molar-refractivity contribution >= 4 is 30.0 Å². The molecule has 3 unspecified atom stereocenters. The Bertz CT molecular complexity index is 1270. The molecule has 0 N–H and O–H groups in total. The average Bonchev–Trinajstić information content (AvgIpc) is 3.36. The molecule has 0 amide bonds. The van der Waals surface area contributed by atoms with Crippen LogP contribution in [0, 0.1) is 0 Å². The van der Waals surface area contributed by atoms with E-state index in [1.54, 1.807) is 0 Å². The lowest BCUT2D eigenvalue weighted by atomic mass is 10.0. The van der Waals surface area contributed by atoms with E-state index in [9.17, 15) is 24.0 Å². The highest BCUT2D eigenvalue weighted by atomic mass is 16.7. The number of ether oxygens (including phenoxy) is 6. The second-order valence-electron chi connectivity index (χ2n) is 20.6. The summed E-state index contributed by atoms with van der Waals surface area (Å²) >= 11 is 0. The number of esters is 4. The molecular weight excluding hydrogens is 899 g/mol. The fraction of sp³-hybridized carbons (Fsp3) is 0.915. The van der Waals surface area contributed by atoms with Crippen molar-refractivity contribution in [2.24, 2.45) is 0 Å². The minimum atomic E-state index is -1.29. The molecular formula is C59H109NO11. The topological polar surface area (TPSA) is 144 Å². The van der Waals surface area contributed by atoms with E-state index in [0.29, 0.717) is 32.2 Å². The van der Waals surface area contributed by atoms with Crippen molar-refractivity contribution in [2.45, 2.75) is 309 Å². The van der Waals surface area contributed by atoms with Gasteiger partial charge >= 0.3 is 30.0 Å². The second kappa shape index (κ2) is 49.3. The highest BCUT2D eigenvalue weighted by Crippen LogP contribution is 2.20. The number of carbonyl (C=O) groups is 5. The number of nitrogens with zero attached hydrogens (tertiary/aromatic N) is 1. The third-order valence-electron chi connectivity index (χ3n) is 13.9. The van der Waals surface area contributed by atoms with Gasteiger partial charge in [0.25, 0.3) is 0 Å². The van der Waals surface area contributed by atoms with Gasteiger partial charge in [-0.3, -0.25) is 19.3 Å². The van der Waals surface area contributed by atoms with Crippen LogP contribution < -0.4 is 0 Å². The number of piperidine rings is 1. The van der Waals surface area contributed by atoms with Gasteiger partial charge < -0.3 is 28.4 Å². The minimum absolute atomic E-state index is 0.0275. The number of carbonyl (C=O) groups excluding carboxylic acids is 5. The zero-order valence-electron chi connectivity index (χ0n) is 46.4. The largest absolute Gasteiger partial charge is 0.509 e. The maximum atomic E-state index is 13.2. The minimum Gasteiger partial charge on any atom is -0.466 e. The Hall–Kier alpha value is -2.89.